The van der Waals surface area contributed by atoms with Crippen LogP contribution in [0, 0.1) is 5.82 Å². The molecule has 1 aliphatic heterocycles. The molecule has 124 valence electrons. The molecule has 0 bridgehead atoms. The lowest BCUT2D eigenvalue weighted by molar-refractivity contribution is 0.0889. The van der Waals surface area contributed by atoms with E-state index in [-0.39, 0.29) is 28.7 Å². The summed E-state index contributed by atoms with van der Waals surface area (Å²) in [5.74, 6) is -1.99. The molecule has 8 nitrogen and oxygen atoms in total. The normalized spacial score (nSPS) is 19.6. The van der Waals surface area contributed by atoms with Crippen LogP contribution in [-0.2, 0) is 9.84 Å². The van der Waals surface area contributed by atoms with Crippen LogP contribution in [0.1, 0.15) is 30.4 Å². The van der Waals surface area contributed by atoms with Crippen LogP contribution < -0.4 is 5.32 Å². The molecule has 10 heteroatoms. The predicted molar refractivity (Wildman–Crippen MR) is 78.4 cm³/mol. The van der Waals surface area contributed by atoms with Crippen molar-refractivity contribution in [2.24, 2.45) is 0 Å². The summed E-state index contributed by atoms with van der Waals surface area (Å²) in [5.41, 5.74) is -0.857. The van der Waals surface area contributed by atoms with Crippen LogP contribution >= 0.6 is 0 Å². The molecule has 0 spiro atoms. The molecule has 1 saturated heterocycles. The molecule has 0 aliphatic carbocycles. The Kier molecular flexibility index (Phi) is 3.51. The van der Waals surface area contributed by atoms with Crippen molar-refractivity contribution in [3.8, 4) is 5.75 Å². The zero-order chi connectivity index (χ0) is 16.8. The molecule has 0 atom stereocenters. The standard InChI is InChI=1S/C13H15FN4O4S/c1-13(2-4-23(21,22)5-3-13)16-12(20)10-15-11-9(14)6-8(19)7-18(11)17-10/h6-7,19H,2-5H2,1H3,(H,16,20). The SMILES string of the molecule is CC1(NC(=O)c2nc3c(F)cc(O)cn3n2)CCS(=O)(=O)CC1. The molecule has 1 aliphatic rings. The number of amides is 1. The second kappa shape index (κ2) is 5.15. The first-order valence-corrected chi connectivity index (χ1v) is 8.77. The minimum absolute atomic E-state index is 0.00484. The first kappa shape index (κ1) is 15.7. The van der Waals surface area contributed by atoms with Gasteiger partial charge in [0.15, 0.2) is 11.5 Å². The first-order chi connectivity index (χ1) is 10.7. The number of carbonyl (C=O) groups excluding carboxylic acids is 1. The van der Waals surface area contributed by atoms with Gasteiger partial charge in [0.05, 0.1) is 17.7 Å². The maximum absolute atomic E-state index is 13.7. The van der Waals surface area contributed by atoms with Gasteiger partial charge in [0.25, 0.3) is 5.91 Å². The van der Waals surface area contributed by atoms with Gasteiger partial charge in [-0.15, -0.1) is 5.10 Å². The summed E-state index contributed by atoms with van der Waals surface area (Å²) in [5, 5.41) is 15.9. The summed E-state index contributed by atoms with van der Waals surface area (Å²) < 4.78 is 37.6. The van der Waals surface area contributed by atoms with Crippen molar-refractivity contribution in [1.29, 1.82) is 0 Å². The van der Waals surface area contributed by atoms with E-state index < -0.39 is 27.1 Å². The highest BCUT2D eigenvalue weighted by atomic mass is 32.2. The highest BCUT2D eigenvalue weighted by molar-refractivity contribution is 7.91. The van der Waals surface area contributed by atoms with Crippen LogP contribution in [0.15, 0.2) is 12.3 Å². The first-order valence-electron chi connectivity index (χ1n) is 6.95. The second-order valence-corrected chi connectivity index (χ2v) is 8.22. The molecular formula is C13H15FN4O4S. The Balaban J connectivity index is 1.82. The van der Waals surface area contributed by atoms with Gasteiger partial charge in [-0.2, -0.15) is 4.98 Å². The van der Waals surface area contributed by atoms with E-state index in [1.54, 1.807) is 6.92 Å². The monoisotopic (exact) mass is 342 g/mol. The fourth-order valence-electron chi connectivity index (χ4n) is 2.47. The largest absolute Gasteiger partial charge is 0.506 e. The summed E-state index contributed by atoms with van der Waals surface area (Å²) >= 11 is 0. The molecule has 0 radical (unpaired) electrons. The smallest absolute Gasteiger partial charge is 0.291 e. The van der Waals surface area contributed by atoms with Gasteiger partial charge in [-0.3, -0.25) is 4.79 Å². The molecule has 2 aromatic heterocycles. The van der Waals surface area contributed by atoms with Crippen LogP contribution in [0.25, 0.3) is 5.65 Å². The van der Waals surface area contributed by atoms with Gasteiger partial charge < -0.3 is 10.4 Å². The highest BCUT2D eigenvalue weighted by Gasteiger charge is 2.35. The van der Waals surface area contributed by atoms with Gasteiger partial charge in [-0.1, -0.05) is 0 Å². The van der Waals surface area contributed by atoms with Gasteiger partial charge in [0.2, 0.25) is 5.82 Å². The Hall–Kier alpha value is -2.23. The van der Waals surface area contributed by atoms with Crippen LogP contribution in [-0.4, -0.2) is 51.1 Å². The van der Waals surface area contributed by atoms with Gasteiger partial charge in [-0.25, -0.2) is 17.3 Å². The van der Waals surface area contributed by atoms with E-state index in [0.29, 0.717) is 12.8 Å². The van der Waals surface area contributed by atoms with E-state index in [1.165, 1.54) is 0 Å². The minimum atomic E-state index is -3.05. The van der Waals surface area contributed by atoms with E-state index in [0.717, 1.165) is 16.8 Å². The van der Waals surface area contributed by atoms with Crippen LogP contribution in [0.3, 0.4) is 0 Å². The number of nitrogens with zero attached hydrogens (tertiary/aromatic N) is 3. The van der Waals surface area contributed by atoms with E-state index in [2.05, 4.69) is 15.4 Å². The van der Waals surface area contributed by atoms with Gasteiger partial charge >= 0.3 is 0 Å². The summed E-state index contributed by atoms with van der Waals surface area (Å²) in [6.45, 7) is 1.75. The Morgan fingerprint density at radius 1 is 1.43 bits per heavy atom. The molecule has 3 heterocycles. The molecule has 23 heavy (non-hydrogen) atoms. The van der Waals surface area contributed by atoms with Crippen molar-refractivity contribution >= 4 is 21.4 Å². The fourth-order valence-corrected chi connectivity index (χ4v) is 4.20. The van der Waals surface area contributed by atoms with Gasteiger partial charge in [0.1, 0.15) is 15.6 Å². The molecule has 2 aromatic rings. The third-order valence-corrected chi connectivity index (χ3v) is 5.57. The zero-order valence-electron chi connectivity index (χ0n) is 12.3. The number of carbonyl (C=O) groups is 1. The maximum Gasteiger partial charge on any atom is 0.291 e. The van der Waals surface area contributed by atoms with Crippen molar-refractivity contribution in [1.82, 2.24) is 19.9 Å². The number of fused-ring (bicyclic) bond motifs is 1. The quantitative estimate of drug-likeness (QED) is 0.810. The van der Waals surface area contributed by atoms with Crippen molar-refractivity contribution in [2.75, 3.05) is 11.5 Å². The Morgan fingerprint density at radius 2 is 2.09 bits per heavy atom. The number of hydrogen-bond acceptors (Lipinski definition) is 6. The van der Waals surface area contributed by atoms with Crippen LogP contribution in [0.2, 0.25) is 0 Å². The number of aromatic hydroxyl groups is 1. The Bertz CT molecular complexity index is 879. The molecule has 3 rings (SSSR count). The summed E-state index contributed by atoms with van der Waals surface area (Å²) in [4.78, 5) is 16.1. The second-order valence-electron chi connectivity index (χ2n) is 5.92. The van der Waals surface area contributed by atoms with Crippen molar-refractivity contribution in [3.63, 3.8) is 0 Å². The van der Waals surface area contributed by atoms with Crippen LogP contribution in [0.5, 0.6) is 5.75 Å². The van der Waals surface area contributed by atoms with Crippen molar-refractivity contribution in [3.05, 3.63) is 23.9 Å². The predicted octanol–water partition coefficient (Wildman–Crippen LogP) is 0.271. The number of halogens is 1. The number of nitrogens with one attached hydrogen (secondary N) is 1. The molecule has 0 saturated carbocycles. The summed E-state index contributed by atoms with van der Waals surface area (Å²) in [6.07, 6.45) is 1.73. The average Bonchev–Trinajstić information content (AvgIpc) is 2.87. The topological polar surface area (TPSA) is 114 Å². The summed E-state index contributed by atoms with van der Waals surface area (Å²) in [6, 6.07) is 0.874. The zero-order valence-corrected chi connectivity index (χ0v) is 13.1. The maximum atomic E-state index is 13.7. The van der Waals surface area contributed by atoms with Crippen molar-refractivity contribution in [2.45, 2.75) is 25.3 Å². The Morgan fingerprint density at radius 3 is 2.74 bits per heavy atom. The number of hydrogen-bond donors (Lipinski definition) is 2. The number of sulfone groups is 1. The van der Waals surface area contributed by atoms with E-state index >= 15 is 0 Å². The number of aromatic nitrogens is 3. The fraction of sp³-hybridized carbons (Fsp3) is 0.462. The van der Waals surface area contributed by atoms with Crippen molar-refractivity contribution < 1.29 is 22.7 Å². The molecule has 0 unspecified atom stereocenters. The van der Waals surface area contributed by atoms with Gasteiger partial charge in [0, 0.05) is 11.6 Å². The molecule has 2 N–H and O–H groups in total. The molecule has 1 amide bonds. The highest BCUT2D eigenvalue weighted by Crippen LogP contribution is 2.23. The molecule has 0 aromatic carbocycles. The average molecular weight is 342 g/mol. The lowest BCUT2D eigenvalue weighted by Gasteiger charge is -2.33. The third-order valence-electron chi connectivity index (χ3n) is 3.92. The third kappa shape index (κ3) is 3.11. The molecular weight excluding hydrogens is 327 g/mol. The van der Waals surface area contributed by atoms with Crippen LogP contribution in [0.4, 0.5) is 4.39 Å². The van der Waals surface area contributed by atoms with E-state index in [9.17, 15) is 22.7 Å². The van der Waals surface area contributed by atoms with Gasteiger partial charge in [-0.05, 0) is 19.8 Å². The molecule has 1 fully saturated rings. The number of rotatable bonds is 2. The summed E-state index contributed by atoms with van der Waals surface area (Å²) in [7, 11) is -3.05. The minimum Gasteiger partial charge on any atom is -0.506 e. The van der Waals surface area contributed by atoms with E-state index in [1.807, 2.05) is 0 Å². The van der Waals surface area contributed by atoms with E-state index in [4.69, 9.17) is 0 Å². The lowest BCUT2D eigenvalue weighted by Crippen LogP contribution is -2.51. The lowest BCUT2D eigenvalue weighted by atomic mass is 9.95. The Labute approximate surface area is 131 Å². The number of pyridine rings is 1.